The number of methoxy groups -OCH3 is 1. The molecule has 2 aromatic carbocycles. The number of rotatable bonds is 11. The molecule has 0 spiro atoms. The van der Waals surface area contributed by atoms with Gasteiger partial charge in [-0.25, -0.2) is 9.37 Å². The Morgan fingerprint density at radius 2 is 1.77 bits per heavy atom. The second-order valence-electron chi connectivity index (χ2n) is 12.8. The highest BCUT2D eigenvalue weighted by Gasteiger charge is 2.32. The number of unbranched alkanes of at least 4 members (excludes halogenated alkanes) is 3. The summed E-state index contributed by atoms with van der Waals surface area (Å²) in [6.45, 7) is 5.38. The summed E-state index contributed by atoms with van der Waals surface area (Å²) in [7, 11) is 1.62. The number of fused-ring (bicyclic) bond motifs is 3. The summed E-state index contributed by atoms with van der Waals surface area (Å²) in [4.78, 5) is 37.7. The van der Waals surface area contributed by atoms with Crippen molar-refractivity contribution in [1.82, 2.24) is 24.1 Å². The van der Waals surface area contributed by atoms with Crippen LogP contribution in [0.3, 0.4) is 0 Å². The van der Waals surface area contributed by atoms with Gasteiger partial charge in [0.15, 0.2) is 17.2 Å². The molecule has 0 aliphatic carbocycles. The van der Waals surface area contributed by atoms with Crippen molar-refractivity contribution in [3.63, 3.8) is 0 Å². The molecule has 2 saturated heterocycles. The average Bonchev–Trinajstić information content (AvgIpc) is 3.73. The number of ether oxygens (including phenoxy) is 2. The van der Waals surface area contributed by atoms with E-state index >= 15 is 0 Å². The molecule has 9 nitrogen and oxygen atoms in total. The maximum Gasteiger partial charge on any atom is 0.274 e. The number of aromatic nitrogens is 2. The van der Waals surface area contributed by atoms with Crippen molar-refractivity contribution in [2.75, 3.05) is 53.0 Å². The van der Waals surface area contributed by atoms with Crippen LogP contribution in [0.2, 0.25) is 0 Å². The van der Waals surface area contributed by atoms with Crippen LogP contribution >= 0.6 is 0 Å². The topological polar surface area (TPSA) is 79.6 Å². The lowest BCUT2D eigenvalue weighted by molar-refractivity contribution is 0.0631. The van der Waals surface area contributed by atoms with Gasteiger partial charge < -0.3 is 19.3 Å². The molecule has 3 aliphatic rings. The Labute approximate surface area is 280 Å². The first-order valence-corrected chi connectivity index (χ1v) is 17.1. The van der Waals surface area contributed by atoms with Crippen LogP contribution in [-0.4, -0.2) is 94.9 Å². The molecule has 4 aromatic rings. The number of carbonyl (C=O) groups is 2. The molecule has 7 rings (SSSR count). The normalized spacial score (nSPS) is 17.8. The van der Waals surface area contributed by atoms with E-state index < -0.39 is 0 Å². The quantitative estimate of drug-likeness (QED) is 0.180. The van der Waals surface area contributed by atoms with E-state index in [1.807, 2.05) is 50.7 Å². The summed E-state index contributed by atoms with van der Waals surface area (Å²) >= 11 is 0. The van der Waals surface area contributed by atoms with Crippen LogP contribution in [0.5, 0.6) is 11.5 Å². The Kier molecular flexibility index (Phi) is 9.43. The van der Waals surface area contributed by atoms with Gasteiger partial charge in [-0.3, -0.25) is 18.9 Å². The SMILES string of the molecule is COc1cc2c(cc1OCCCCCCN1CCN(C(=O)c3nc(-c4ccc(F)cc4)n4ccccc34)CC1)C=C[C@@H]1CCCN1C2=O. The average molecular weight is 652 g/mol. The minimum Gasteiger partial charge on any atom is -0.493 e. The van der Waals surface area contributed by atoms with Crippen LogP contribution in [0, 0.1) is 5.82 Å². The van der Waals surface area contributed by atoms with E-state index in [1.165, 1.54) is 12.1 Å². The molecule has 0 N–H and O–H groups in total. The molecule has 2 amide bonds. The van der Waals surface area contributed by atoms with Crippen molar-refractivity contribution in [3.05, 3.63) is 89.5 Å². The highest BCUT2D eigenvalue weighted by molar-refractivity contribution is 6.01. The van der Waals surface area contributed by atoms with E-state index in [0.717, 1.165) is 81.3 Å². The van der Waals surface area contributed by atoms with Gasteiger partial charge in [0.05, 0.1) is 30.8 Å². The summed E-state index contributed by atoms with van der Waals surface area (Å²) < 4.78 is 27.2. The Bertz CT molecular complexity index is 1810. The molecule has 250 valence electrons. The number of pyridine rings is 1. The molecule has 0 unspecified atom stereocenters. The number of halogens is 1. The zero-order valence-corrected chi connectivity index (χ0v) is 27.4. The number of amides is 2. The number of carbonyl (C=O) groups excluding carboxylic acids is 2. The van der Waals surface area contributed by atoms with Crippen LogP contribution in [-0.2, 0) is 0 Å². The van der Waals surface area contributed by atoms with Crippen LogP contribution < -0.4 is 9.47 Å². The molecule has 0 bridgehead atoms. The summed E-state index contributed by atoms with van der Waals surface area (Å²) in [5, 5.41) is 0. The summed E-state index contributed by atoms with van der Waals surface area (Å²) in [6, 6.07) is 15.9. The van der Waals surface area contributed by atoms with Crippen LogP contribution in [0.15, 0.2) is 66.9 Å². The van der Waals surface area contributed by atoms with Gasteiger partial charge in [0.2, 0.25) is 0 Å². The predicted octanol–water partition coefficient (Wildman–Crippen LogP) is 6.18. The van der Waals surface area contributed by atoms with Crippen molar-refractivity contribution < 1.29 is 23.5 Å². The minimum atomic E-state index is -0.307. The fourth-order valence-corrected chi connectivity index (χ4v) is 7.08. The van der Waals surface area contributed by atoms with Crippen LogP contribution in [0.1, 0.15) is 64.9 Å². The summed E-state index contributed by atoms with van der Waals surface area (Å²) in [6.07, 6.45) is 12.3. The molecule has 3 aliphatic heterocycles. The predicted molar refractivity (Wildman–Crippen MR) is 183 cm³/mol. The van der Waals surface area contributed by atoms with E-state index in [-0.39, 0.29) is 23.7 Å². The molecule has 5 heterocycles. The van der Waals surface area contributed by atoms with Crippen LogP contribution in [0.25, 0.3) is 23.0 Å². The van der Waals surface area contributed by atoms with Gasteiger partial charge in [-0.15, -0.1) is 0 Å². The number of nitrogens with zero attached hydrogens (tertiary/aromatic N) is 5. The van der Waals surface area contributed by atoms with Crippen molar-refractivity contribution in [3.8, 4) is 22.9 Å². The monoisotopic (exact) mass is 651 g/mol. The van der Waals surface area contributed by atoms with E-state index in [1.54, 1.807) is 19.2 Å². The van der Waals surface area contributed by atoms with Crippen molar-refractivity contribution in [1.29, 1.82) is 0 Å². The number of hydrogen-bond acceptors (Lipinski definition) is 6. The summed E-state index contributed by atoms with van der Waals surface area (Å²) in [5.74, 6) is 1.60. The lowest BCUT2D eigenvalue weighted by atomic mass is 10.0. The molecule has 2 aromatic heterocycles. The van der Waals surface area contributed by atoms with Gasteiger partial charge in [-0.1, -0.05) is 31.1 Å². The molecule has 1 atom stereocenters. The van der Waals surface area contributed by atoms with Crippen LogP contribution in [0.4, 0.5) is 4.39 Å². The zero-order chi connectivity index (χ0) is 33.0. The molecular formula is C38H42FN5O4. The fourth-order valence-electron chi connectivity index (χ4n) is 7.08. The van der Waals surface area contributed by atoms with Crippen molar-refractivity contribution >= 4 is 23.4 Å². The lowest BCUT2D eigenvalue weighted by Gasteiger charge is -2.34. The number of hydrogen-bond donors (Lipinski definition) is 0. The second-order valence-corrected chi connectivity index (χ2v) is 12.8. The van der Waals surface area contributed by atoms with Crippen molar-refractivity contribution in [2.45, 2.75) is 44.6 Å². The van der Waals surface area contributed by atoms with E-state index in [4.69, 9.17) is 14.5 Å². The lowest BCUT2D eigenvalue weighted by Crippen LogP contribution is -2.49. The Morgan fingerprint density at radius 1 is 0.958 bits per heavy atom. The Hall–Kier alpha value is -4.70. The second kappa shape index (κ2) is 14.2. The first kappa shape index (κ1) is 31.9. The van der Waals surface area contributed by atoms with E-state index in [9.17, 15) is 14.0 Å². The van der Waals surface area contributed by atoms with Gasteiger partial charge in [-0.2, -0.15) is 0 Å². The first-order chi connectivity index (χ1) is 23.5. The van der Waals surface area contributed by atoms with Gasteiger partial charge in [0.1, 0.15) is 11.6 Å². The molecule has 0 saturated carbocycles. The Morgan fingerprint density at radius 3 is 2.58 bits per heavy atom. The molecule has 48 heavy (non-hydrogen) atoms. The molecule has 10 heteroatoms. The van der Waals surface area contributed by atoms with Crippen molar-refractivity contribution in [2.24, 2.45) is 0 Å². The third-order valence-corrected chi connectivity index (χ3v) is 9.76. The van der Waals surface area contributed by atoms with Gasteiger partial charge >= 0.3 is 0 Å². The van der Waals surface area contributed by atoms with Gasteiger partial charge in [0.25, 0.3) is 11.8 Å². The molecule has 2 fully saturated rings. The summed E-state index contributed by atoms with van der Waals surface area (Å²) in [5.41, 5.74) is 3.51. The van der Waals surface area contributed by atoms with E-state index in [2.05, 4.69) is 17.1 Å². The van der Waals surface area contributed by atoms with E-state index in [0.29, 0.717) is 48.3 Å². The van der Waals surface area contributed by atoms with Gasteiger partial charge in [0, 0.05) is 44.5 Å². The number of piperazine rings is 1. The third kappa shape index (κ3) is 6.54. The molecule has 0 radical (unpaired) electrons. The van der Waals surface area contributed by atoms with Gasteiger partial charge in [-0.05, 0) is 86.3 Å². The first-order valence-electron chi connectivity index (χ1n) is 17.1. The maximum atomic E-state index is 13.6. The zero-order valence-electron chi connectivity index (χ0n) is 27.4. The standard InChI is InChI=1S/C38H42FN5O4/c1-47-33-26-31-28(13-16-30-9-8-19-43(30)37(31)45)25-34(33)48-24-7-3-2-5-17-41-20-22-42(23-21-41)38(46)35-32-10-4-6-18-44(32)36(40-35)27-11-14-29(39)15-12-27/h4,6,10-16,18,25-26,30H,2-3,5,7-9,17,19-24H2,1H3/t30-/m0/s1. The molecular weight excluding hydrogens is 609 g/mol. The largest absolute Gasteiger partial charge is 0.493 e. The third-order valence-electron chi connectivity index (χ3n) is 9.76. The minimum absolute atomic E-state index is 0.0687. The fraction of sp³-hybridized carbons (Fsp3) is 0.395. The highest BCUT2D eigenvalue weighted by Crippen LogP contribution is 2.35. The number of benzene rings is 2. The highest BCUT2D eigenvalue weighted by atomic mass is 19.1. The Balaban J connectivity index is 0.854. The number of imidazole rings is 1. The maximum absolute atomic E-state index is 13.6. The smallest absolute Gasteiger partial charge is 0.274 e.